The molecule has 4 nitrogen and oxygen atoms in total. The fourth-order valence-corrected chi connectivity index (χ4v) is 4.74. The number of halogens is 1. The van der Waals surface area contributed by atoms with Crippen molar-refractivity contribution in [3.63, 3.8) is 0 Å². The fraction of sp³-hybridized carbons (Fsp3) is 0.222. The van der Waals surface area contributed by atoms with Crippen molar-refractivity contribution in [1.82, 2.24) is 10.2 Å². The van der Waals surface area contributed by atoms with Crippen molar-refractivity contribution in [3.05, 3.63) is 70.2 Å². The number of rotatable bonds is 3. The number of thioether (sulfide) groups is 1. The number of nitrogens with zero attached hydrogens (tertiary/aromatic N) is 1. The fourth-order valence-electron chi connectivity index (χ4n) is 3.15. The van der Waals surface area contributed by atoms with E-state index in [2.05, 4.69) is 5.32 Å². The monoisotopic (exact) mass is 358 g/mol. The molecule has 122 valence electrons. The minimum atomic E-state index is -0.424. The van der Waals surface area contributed by atoms with Gasteiger partial charge in [0.1, 0.15) is 11.4 Å². The van der Waals surface area contributed by atoms with E-state index in [-0.39, 0.29) is 17.2 Å². The normalized spacial score (nSPS) is 21.5. The van der Waals surface area contributed by atoms with Crippen LogP contribution >= 0.6 is 23.4 Å². The third kappa shape index (κ3) is 2.58. The lowest BCUT2D eigenvalue weighted by Gasteiger charge is -2.22. The van der Waals surface area contributed by atoms with Crippen LogP contribution in [0.15, 0.2) is 48.5 Å². The summed E-state index contributed by atoms with van der Waals surface area (Å²) in [4.78, 5) is 26.9. The number of nitrogens with one attached hydrogen (secondary N) is 1. The summed E-state index contributed by atoms with van der Waals surface area (Å²) < 4.78 is 0. The minimum absolute atomic E-state index is 0.0417. The molecule has 0 saturated carbocycles. The number of carbonyl (C=O) groups is 2. The maximum absolute atomic E-state index is 12.6. The molecular weight excluding hydrogens is 344 g/mol. The van der Waals surface area contributed by atoms with Crippen molar-refractivity contribution in [3.8, 4) is 0 Å². The molecule has 2 aromatic carbocycles. The maximum atomic E-state index is 12.6. The number of hydrogen-bond donors (Lipinski definition) is 1. The van der Waals surface area contributed by atoms with Gasteiger partial charge in [-0.2, -0.15) is 0 Å². The third-order valence-corrected chi connectivity index (χ3v) is 5.93. The lowest BCUT2D eigenvalue weighted by molar-refractivity contribution is -0.124. The molecule has 2 aliphatic heterocycles. The van der Waals surface area contributed by atoms with Gasteiger partial charge in [-0.1, -0.05) is 41.9 Å². The average Bonchev–Trinajstić information content (AvgIpc) is 3.15. The molecule has 2 heterocycles. The minimum Gasteiger partial charge on any atom is -0.350 e. The quantitative estimate of drug-likeness (QED) is 0.916. The van der Waals surface area contributed by atoms with Gasteiger partial charge in [0, 0.05) is 22.9 Å². The number of amides is 2. The van der Waals surface area contributed by atoms with E-state index in [1.165, 1.54) is 0 Å². The molecule has 2 amide bonds. The van der Waals surface area contributed by atoms with Gasteiger partial charge in [-0.25, -0.2) is 0 Å². The molecule has 0 radical (unpaired) electrons. The van der Waals surface area contributed by atoms with Crippen LogP contribution in [0.2, 0.25) is 5.02 Å². The molecule has 2 unspecified atom stereocenters. The SMILES string of the molecule is O=C(NCc1ccc(Cl)cc1)C1CSC2c3ccccc3C(=O)N12. The van der Waals surface area contributed by atoms with Gasteiger partial charge in [-0.15, -0.1) is 11.8 Å². The molecule has 0 aliphatic carbocycles. The molecule has 6 heteroatoms. The molecule has 2 aromatic rings. The first-order valence-corrected chi connectivity index (χ1v) is 9.13. The van der Waals surface area contributed by atoms with Gasteiger partial charge in [0.25, 0.3) is 5.91 Å². The highest BCUT2D eigenvalue weighted by Crippen LogP contribution is 2.47. The molecule has 0 spiro atoms. The second-order valence-electron chi connectivity index (χ2n) is 5.85. The molecule has 2 atom stereocenters. The summed E-state index contributed by atoms with van der Waals surface area (Å²) in [5, 5.41) is 3.56. The van der Waals surface area contributed by atoms with Crippen molar-refractivity contribution in [1.29, 1.82) is 0 Å². The van der Waals surface area contributed by atoms with Crippen molar-refractivity contribution in [2.45, 2.75) is 18.0 Å². The molecule has 1 fully saturated rings. The van der Waals surface area contributed by atoms with Gasteiger partial charge in [0.05, 0.1) is 0 Å². The highest BCUT2D eigenvalue weighted by Gasteiger charge is 2.48. The topological polar surface area (TPSA) is 49.4 Å². The van der Waals surface area contributed by atoms with Crippen LogP contribution in [0.5, 0.6) is 0 Å². The predicted octanol–water partition coefficient (Wildman–Crippen LogP) is 3.23. The van der Waals surface area contributed by atoms with E-state index >= 15 is 0 Å². The number of benzene rings is 2. The summed E-state index contributed by atoms with van der Waals surface area (Å²) in [6.07, 6.45) is 0. The van der Waals surface area contributed by atoms with Crippen LogP contribution in [0.4, 0.5) is 0 Å². The molecule has 0 bridgehead atoms. The lowest BCUT2D eigenvalue weighted by atomic mass is 10.1. The third-order valence-electron chi connectivity index (χ3n) is 4.37. The Morgan fingerprint density at radius 3 is 2.75 bits per heavy atom. The Labute approximate surface area is 149 Å². The summed E-state index contributed by atoms with van der Waals surface area (Å²) in [5.74, 6) is 0.463. The largest absolute Gasteiger partial charge is 0.350 e. The number of hydrogen-bond acceptors (Lipinski definition) is 3. The Morgan fingerprint density at radius 1 is 1.21 bits per heavy atom. The summed E-state index contributed by atoms with van der Waals surface area (Å²) in [7, 11) is 0. The van der Waals surface area contributed by atoms with Crippen molar-refractivity contribution < 1.29 is 9.59 Å². The van der Waals surface area contributed by atoms with Crippen molar-refractivity contribution in [2.75, 3.05) is 5.75 Å². The van der Waals surface area contributed by atoms with Gasteiger partial charge >= 0.3 is 0 Å². The van der Waals surface area contributed by atoms with Crippen LogP contribution in [-0.4, -0.2) is 28.5 Å². The van der Waals surface area contributed by atoms with Crippen LogP contribution in [0.3, 0.4) is 0 Å². The van der Waals surface area contributed by atoms with E-state index in [0.29, 0.717) is 22.9 Å². The molecule has 0 aromatic heterocycles. The van der Waals surface area contributed by atoms with Crippen molar-refractivity contribution >= 4 is 35.2 Å². The Hall–Kier alpha value is -1.98. The van der Waals surface area contributed by atoms with Crippen LogP contribution in [0.25, 0.3) is 0 Å². The van der Waals surface area contributed by atoms with E-state index in [9.17, 15) is 9.59 Å². The first kappa shape index (κ1) is 15.5. The first-order valence-electron chi connectivity index (χ1n) is 7.70. The average molecular weight is 359 g/mol. The molecule has 2 aliphatic rings. The standard InChI is InChI=1S/C18H15ClN2O2S/c19-12-7-5-11(6-8-12)9-20-16(22)15-10-24-18-14-4-2-1-3-13(14)17(23)21(15)18/h1-8,15,18H,9-10H2,(H,20,22). The van der Waals surface area contributed by atoms with Gasteiger partial charge in [-0.3, -0.25) is 9.59 Å². The van der Waals surface area contributed by atoms with Gasteiger partial charge in [-0.05, 0) is 29.3 Å². The van der Waals surface area contributed by atoms with E-state index in [1.807, 2.05) is 36.4 Å². The van der Waals surface area contributed by atoms with Crippen molar-refractivity contribution in [2.24, 2.45) is 0 Å². The lowest BCUT2D eigenvalue weighted by Crippen LogP contribution is -2.45. The Kier molecular flexibility index (Phi) is 3.98. The molecule has 1 N–H and O–H groups in total. The van der Waals surface area contributed by atoms with E-state index in [0.717, 1.165) is 11.1 Å². The molecule has 4 rings (SSSR count). The van der Waals surface area contributed by atoms with Crippen LogP contribution < -0.4 is 5.32 Å². The zero-order valence-electron chi connectivity index (χ0n) is 12.7. The van der Waals surface area contributed by atoms with Gasteiger partial charge in [0.2, 0.25) is 5.91 Å². The zero-order valence-corrected chi connectivity index (χ0v) is 14.3. The Morgan fingerprint density at radius 2 is 1.96 bits per heavy atom. The smallest absolute Gasteiger partial charge is 0.256 e. The molecular formula is C18H15ClN2O2S. The van der Waals surface area contributed by atoms with Gasteiger partial charge < -0.3 is 10.2 Å². The van der Waals surface area contributed by atoms with Gasteiger partial charge in [0.15, 0.2) is 0 Å². The van der Waals surface area contributed by atoms with E-state index in [1.54, 1.807) is 28.8 Å². The Bertz CT molecular complexity index is 809. The number of carbonyl (C=O) groups excluding carboxylic acids is 2. The highest BCUT2D eigenvalue weighted by molar-refractivity contribution is 7.99. The maximum Gasteiger partial charge on any atom is 0.256 e. The highest BCUT2D eigenvalue weighted by atomic mass is 35.5. The predicted molar refractivity (Wildman–Crippen MR) is 94.9 cm³/mol. The zero-order chi connectivity index (χ0) is 16.7. The van der Waals surface area contributed by atoms with Crippen LogP contribution in [-0.2, 0) is 11.3 Å². The van der Waals surface area contributed by atoms with Crippen LogP contribution in [0.1, 0.15) is 26.9 Å². The number of fused-ring (bicyclic) bond motifs is 3. The molecule has 24 heavy (non-hydrogen) atoms. The van der Waals surface area contributed by atoms with E-state index < -0.39 is 6.04 Å². The summed E-state index contributed by atoms with van der Waals surface area (Å²) in [6.45, 7) is 0.427. The van der Waals surface area contributed by atoms with Crippen LogP contribution in [0, 0.1) is 0 Å². The summed E-state index contributed by atoms with van der Waals surface area (Å²) in [6, 6.07) is 14.5. The summed E-state index contributed by atoms with van der Waals surface area (Å²) >= 11 is 7.51. The summed E-state index contributed by atoms with van der Waals surface area (Å²) in [5.41, 5.74) is 2.71. The van der Waals surface area contributed by atoms with E-state index in [4.69, 9.17) is 11.6 Å². The second-order valence-corrected chi connectivity index (χ2v) is 7.40. The first-order chi connectivity index (χ1) is 11.6. The Balaban J connectivity index is 1.47. The second kappa shape index (κ2) is 6.15. The molecule has 1 saturated heterocycles.